The van der Waals surface area contributed by atoms with Crippen LogP contribution in [0.15, 0.2) is 0 Å². The Morgan fingerprint density at radius 3 is 2.56 bits per heavy atom. The third-order valence-corrected chi connectivity index (χ3v) is 2.65. The zero-order valence-corrected chi connectivity index (χ0v) is 10.2. The molecule has 1 saturated heterocycles. The molecule has 5 heteroatoms. The largest absolute Gasteiger partial charge is 0.480 e. The number of ether oxygens (including phenoxy) is 1. The van der Waals surface area contributed by atoms with Crippen molar-refractivity contribution in [2.24, 2.45) is 5.41 Å². The van der Waals surface area contributed by atoms with Crippen LogP contribution in [0.5, 0.6) is 0 Å². The summed E-state index contributed by atoms with van der Waals surface area (Å²) in [4.78, 5) is 23.8. The zero-order valence-electron chi connectivity index (χ0n) is 10.2. The number of rotatable bonds is 2. The lowest BCUT2D eigenvalue weighted by Crippen LogP contribution is -2.57. The Balaban J connectivity index is 2.83. The van der Waals surface area contributed by atoms with Crippen LogP contribution < -0.4 is 0 Å². The average Bonchev–Trinajstić information content (AvgIpc) is 2.08. The molecule has 0 aromatic rings. The van der Waals surface area contributed by atoms with Gasteiger partial charge in [-0.25, -0.2) is 4.79 Å². The van der Waals surface area contributed by atoms with Crippen molar-refractivity contribution in [3.05, 3.63) is 0 Å². The maximum Gasteiger partial charge on any atom is 0.329 e. The third kappa shape index (κ3) is 2.95. The summed E-state index contributed by atoms with van der Waals surface area (Å²) >= 11 is 0. The van der Waals surface area contributed by atoms with Crippen LogP contribution in [-0.2, 0) is 14.3 Å². The molecular formula is C11H19NO4. The van der Waals surface area contributed by atoms with Crippen LogP contribution in [0.1, 0.15) is 27.2 Å². The van der Waals surface area contributed by atoms with Crippen molar-refractivity contribution in [1.29, 1.82) is 0 Å². The smallest absolute Gasteiger partial charge is 0.329 e. The maximum atomic E-state index is 11.4. The number of nitrogens with zero attached hydrogens (tertiary/aromatic N) is 1. The van der Waals surface area contributed by atoms with Gasteiger partial charge in [-0.05, 0) is 11.8 Å². The number of carboxylic acid groups (broad SMARTS) is 1. The van der Waals surface area contributed by atoms with Crippen molar-refractivity contribution < 1.29 is 19.4 Å². The van der Waals surface area contributed by atoms with Crippen molar-refractivity contribution in [1.82, 2.24) is 4.90 Å². The van der Waals surface area contributed by atoms with Crippen LogP contribution in [0.2, 0.25) is 0 Å². The minimum atomic E-state index is -1.01. The molecule has 1 aliphatic rings. The van der Waals surface area contributed by atoms with Crippen molar-refractivity contribution in [2.75, 3.05) is 13.7 Å². The molecule has 1 amide bonds. The number of amides is 1. The van der Waals surface area contributed by atoms with E-state index >= 15 is 0 Å². The Kier molecular flexibility index (Phi) is 3.57. The Labute approximate surface area is 95.4 Å². The quantitative estimate of drug-likeness (QED) is 0.758. The minimum absolute atomic E-state index is 0.0268. The predicted octanol–water partition coefficient (Wildman–Crippen LogP) is 0.733. The summed E-state index contributed by atoms with van der Waals surface area (Å²) in [7, 11) is 1.51. The number of hydrogen-bond donors (Lipinski definition) is 1. The van der Waals surface area contributed by atoms with Gasteiger partial charge in [-0.15, -0.1) is 0 Å². The molecule has 0 aliphatic carbocycles. The molecule has 92 valence electrons. The Bertz CT molecular complexity index is 295. The van der Waals surface area contributed by atoms with Gasteiger partial charge in [0.25, 0.3) is 0 Å². The van der Waals surface area contributed by atoms with E-state index in [1.807, 2.05) is 20.8 Å². The van der Waals surface area contributed by atoms with Crippen molar-refractivity contribution in [3.8, 4) is 0 Å². The van der Waals surface area contributed by atoms with Crippen LogP contribution in [0.25, 0.3) is 0 Å². The third-order valence-electron chi connectivity index (χ3n) is 2.65. The van der Waals surface area contributed by atoms with E-state index in [0.717, 1.165) is 0 Å². The SMILES string of the molecule is CN1C(=O)COC(CC(C)(C)C)C1C(=O)O. The minimum Gasteiger partial charge on any atom is -0.480 e. The van der Waals surface area contributed by atoms with Gasteiger partial charge in [0.1, 0.15) is 6.61 Å². The lowest BCUT2D eigenvalue weighted by atomic mass is 9.86. The second-order valence-electron chi connectivity index (χ2n) is 5.40. The van der Waals surface area contributed by atoms with Crippen LogP contribution in [0.4, 0.5) is 0 Å². The van der Waals surface area contributed by atoms with Gasteiger partial charge in [-0.2, -0.15) is 0 Å². The molecule has 2 unspecified atom stereocenters. The standard InChI is InChI=1S/C11H19NO4/c1-11(2,3)5-7-9(10(14)15)12(4)8(13)6-16-7/h7,9H,5-6H2,1-4H3,(H,14,15). The summed E-state index contributed by atoms with van der Waals surface area (Å²) in [5.74, 6) is -1.29. The molecule has 16 heavy (non-hydrogen) atoms. The Morgan fingerprint density at radius 2 is 2.12 bits per heavy atom. The molecule has 0 aromatic heterocycles. The summed E-state index contributed by atoms with van der Waals surface area (Å²) in [6.45, 7) is 6.03. The Morgan fingerprint density at radius 1 is 1.56 bits per heavy atom. The van der Waals surface area contributed by atoms with Gasteiger partial charge in [0, 0.05) is 7.05 Å². The molecule has 0 bridgehead atoms. The van der Waals surface area contributed by atoms with Gasteiger partial charge in [-0.3, -0.25) is 4.79 Å². The monoisotopic (exact) mass is 229 g/mol. The molecule has 1 N–H and O–H groups in total. The summed E-state index contributed by atoms with van der Waals surface area (Å²) < 4.78 is 5.34. The first-order chi connectivity index (χ1) is 7.22. The van der Waals surface area contributed by atoms with E-state index in [9.17, 15) is 9.59 Å². The number of carbonyl (C=O) groups is 2. The Hall–Kier alpha value is -1.10. The van der Waals surface area contributed by atoms with E-state index < -0.39 is 18.1 Å². The molecule has 0 saturated carbocycles. The number of aliphatic carboxylic acids is 1. The molecule has 1 fully saturated rings. The van der Waals surface area contributed by atoms with Gasteiger partial charge >= 0.3 is 5.97 Å². The van der Waals surface area contributed by atoms with E-state index in [-0.39, 0.29) is 17.9 Å². The molecular weight excluding hydrogens is 210 g/mol. The molecule has 0 radical (unpaired) electrons. The number of carbonyl (C=O) groups excluding carboxylic acids is 1. The van der Waals surface area contributed by atoms with Gasteiger partial charge in [-0.1, -0.05) is 20.8 Å². The molecule has 0 aromatic carbocycles. The van der Waals surface area contributed by atoms with E-state index in [2.05, 4.69) is 0 Å². The first-order valence-electron chi connectivity index (χ1n) is 5.32. The second kappa shape index (κ2) is 4.41. The lowest BCUT2D eigenvalue weighted by molar-refractivity contribution is -0.171. The second-order valence-corrected chi connectivity index (χ2v) is 5.40. The fourth-order valence-corrected chi connectivity index (χ4v) is 1.87. The molecule has 2 atom stereocenters. The molecule has 5 nitrogen and oxygen atoms in total. The van der Waals surface area contributed by atoms with E-state index in [0.29, 0.717) is 6.42 Å². The highest BCUT2D eigenvalue weighted by molar-refractivity contribution is 5.85. The predicted molar refractivity (Wildman–Crippen MR) is 58.0 cm³/mol. The fourth-order valence-electron chi connectivity index (χ4n) is 1.87. The summed E-state index contributed by atoms with van der Waals surface area (Å²) in [6.07, 6.45) is 0.182. The fraction of sp³-hybridized carbons (Fsp3) is 0.818. The lowest BCUT2D eigenvalue weighted by Gasteiger charge is -2.38. The maximum absolute atomic E-state index is 11.4. The van der Waals surface area contributed by atoms with Crippen molar-refractivity contribution in [2.45, 2.75) is 39.3 Å². The number of morpholine rings is 1. The van der Waals surface area contributed by atoms with Crippen molar-refractivity contribution >= 4 is 11.9 Å². The first kappa shape index (κ1) is 13.0. The summed E-state index contributed by atoms with van der Waals surface area (Å²) in [6, 6.07) is -0.875. The number of hydrogen-bond acceptors (Lipinski definition) is 3. The van der Waals surface area contributed by atoms with E-state index in [1.54, 1.807) is 0 Å². The zero-order chi connectivity index (χ0) is 12.5. The highest BCUT2D eigenvalue weighted by atomic mass is 16.5. The molecule has 1 heterocycles. The molecule has 1 aliphatic heterocycles. The molecule has 1 rings (SSSR count). The topological polar surface area (TPSA) is 66.8 Å². The van der Waals surface area contributed by atoms with Crippen LogP contribution in [-0.4, -0.2) is 47.7 Å². The highest BCUT2D eigenvalue weighted by Crippen LogP contribution is 2.27. The summed E-state index contributed by atoms with van der Waals surface area (Å²) in [5.41, 5.74) is -0.0282. The van der Waals surface area contributed by atoms with Gasteiger partial charge < -0.3 is 14.7 Å². The van der Waals surface area contributed by atoms with Crippen LogP contribution in [0, 0.1) is 5.41 Å². The van der Waals surface area contributed by atoms with Crippen LogP contribution in [0.3, 0.4) is 0 Å². The molecule has 0 spiro atoms. The number of likely N-dealkylation sites (N-methyl/N-ethyl adjacent to an activating group) is 1. The van der Waals surface area contributed by atoms with Crippen LogP contribution >= 0.6 is 0 Å². The van der Waals surface area contributed by atoms with Gasteiger partial charge in [0.15, 0.2) is 6.04 Å². The highest BCUT2D eigenvalue weighted by Gasteiger charge is 2.41. The van der Waals surface area contributed by atoms with E-state index in [1.165, 1.54) is 11.9 Å². The van der Waals surface area contributed by atoms with E-state index in [4.69, 9.17) is 9.84 Å². The van der Waals surface area contributed by atoms with Gasteiger partial charge in [0.05, 0.1) is 6.10 Å². The average molecular weight is 229 g/mol. The summed E-state index contributed by atoms with van der Waals surface area (Å²) in [5, 5.41) is 9.12. The normalized spacial score (nSPS) is 27.0. The number of carboxylic acids is 1. The van der Waals surface area contributed by atoms with Gasteiger partial charge in [0.2, 0.25) is 5.91 Å². The first-order valence-corrected chi connectivity index (χ1v) is 5.32. The van der Waals surface area contributed by atoms with Crippen molar-refractivity contribution in [3.63, 3.8) is 0 Å².